The van der Waals surface area contributed by atoms with Crippen LogP contribution in [0.4, 0.5) is 4.39 Å². The second-order valence-electron chi connectivity index (χ2n) is 6.69. The van der Waals surface area contributed by atoms with Gasteiger partial charge in [-0.25, -0.2) is 4.39 Å². The minimum Gasteiger partial charge on any atom is -0.385 e. The van der Waals surface area contributed by atoms with Crippen LogP contribution in [-0.4, -0.2) is 17.3 Å². The van der Waals surface area contributed by atoms with Gasteiger partial charge >= 0.3 is 0 Å². The monoisotopic (exact) mass is 278 g/mol. The summed E-state index contributed by atoms with van der Waals surface area (Å²) < 4.78 is 19.7. The van der Waals surface area contributed by atoms with Crippen LogP contribution in [0.3, 0.4) is 0 Å². The number of halogens is 1. The molecule has 0 radical (unpaired) electrons. The van der Waals surface area contributed by atoms with Crippen molar-refractivity contribution in [2.45, 2.75) is 57.2 Å². The summed E-state index contributed by atoms with van der Waals surface area (Å²) in [7, 11) is 0. The molecule has 2 fully saturated rings. The number of hydrogen-bond acceptors (Lipinski definition) is 2. The summed E-state index contributed by atoms with van der Waals surface area (Å²) in [5, 5.41) is 11.0. The van der Waals surface area contributed by atoms with Gasteiger partial charge in [-0.3, -0.25) is 0 Å². The van der Waals surface area contributed by atoms with Gasteiger partial charge < -0.3 is 9.84 Å². The second kappa shape index (κ2) is 4.81. The molecule has 3 rings (SSSR count). The van der Waals surface area contributed by atoms with Crippen molar-refractivity contribution in [1.29, 1.82) is 0 Å². The summed E-state index contributed by atoms with van der Waals surface area (Å²) in [6, 6.07) is 5.08. The normalized spacial score (nSPS) is 27.9. The van der Waals surface area contributed by atoms with E-state index in [1.54, 1.807) is 13.0 Å². The van der Waals surface area contributed by atoms with E-state index >= 15 is 0 Å². The van der Waals surface area contributed by atoms with Gasteiger partial charge in [0, 0.05) is 6.61 Å². The molecule has 1 aromatic carbocycles. The van der Waals surface area contributed by atoms with Gasteiger partial charge in [0.1, 0.15) is 5.82 Å². The molecule has 1 aromatic rings. The molecule has 1 saturated heterocycles. The minimum atomic E-state index is -0.985. The van der Waals surface area contributed by atoms with Crippen LogP contribution in [0, 0.1) is 18.7 Å². The van der Waals surface area contributed by atoms with Crippen LogP contribution in [0.1, 0.15) is 50.2 Å². The quantitative estimate of drug-likeness (QED) is 0.894. The highest BCUT2D eigenvalue weighted by Gasteiger charge is 2.47. The zero-order valence-corrected chi connectivity index (χ0v) is 12.3. The van der Waals surface area contributed by atoms with E-state index in [1.165, 1.54) is 12.5 Å². The van der Waals surface area contributed by atoms with Crippen LogP contribution in [0.5, 0.6) is 0 Å². The third-order valence-electron chi connectivity index (χ3n) is 5.31. The van der Waals surface area contributed by atoms with Gasteiger partial charge in [0.05, 0.1) is 11.2 Å². The van der Waals surface area contributed by atoms with Crippen LogP contribution in [0.15, 0.2) is 18.2 Å². The molecule has 0 amide bonds. The van der Waals surface area contributed by atoms with Crippen LogP contribution in [0.2, 0.25) is 0 Å². The van der Waals surface area contributed by atoms with Crippen molar-refractivity contribution in [2.75, 3.05) is 6.61 Å². The average molecular weight is 278 g/mol. The standard InChI is InChI=1S/C17H23FO2/c1-12-4-5-13(10-15(12)18)16(2,19)14-6-9-20-17(11-14)7-3-8-17/h4-5,10,14,19H,3,6-9,11H2,1-2H3. The zero-order valence-electron chi connectivity index (χ0n) is 12.3. The first-order chi connectivity index (χ1) is 9.43. The van der Waals surface area contributed by atoms with Gasteiger partial charge in [0.15, 0.2) is 0 Å². The Balaban J connectivity index is 1.84. The smallest absolute Gasteiger partial charge is 0.126 e. The van der Waals surface area contributed by atoms with E-state index < -0.39 is 5.60 Å². The van der Waals surface area contributed by atoms with Gasteiger partial charge in [0.2, 0.25) is 0 Å². The highest BCUT2D eigenvalue weighted by molar-refractivity contribution is 5.28. The van der Waals surface area contributed by atoms with E-state index in [1.807, 2.05) is 13.0 Å². The number of aliphatic hydroxyl groups is 1. The second-order valence-corrected chi connectivity index (χ2v) is 6.69. The SMILES string of the molecule is Cc1ccc(C(C)(O)C2CCOC3(CCC3)C2)cc1F. The number of hydrogen-bond donors (Lipinski definition) is 1. The molecular formula is C17H23FO2. The third kappa shape index (κ3) is 2.27. The average Bonchev–Trinajstić information content (AvgIpc) is 2.40. The van der Waals surface area contributed by atoms with E-state index in [4.69, 9.17) is 4.74 Å². The molecule has 0 bridgehead atoms. The molecule has 1 heterocycles. The minimum absolute atomic E-state index is 0.00382. The molecule has 1 spiro atoms. The maximum atomic E-state index is 13.8. The Labute approximate surface area is 120 Å². The fourth-order valence-corrected chi connectivity index (χ4v) is 3.57. The molecule has 1 aliphatic carbocycles. The van der Waals surface area contributed by atoms with Crippen LogP contribution >= 0.6 is 0 Å². The van der Waals surface area contributed by atoms with Gasteiger partial charge in [-0.2, -0.15) is 0 Å². The Kier molecular flexibility index (Phi) is 3.38. The molecule has 1 saturated carbocycles. The third-order valence-corrected chi connectivity index (χ3v) is 5.31. The molecule has 0 aromatic heterocycles. The lowest BCUT2D eigenvalue weighted by Crippen LogP contribution is -2.49. The van der Waals surface area contributed by atoms with E-state index in [0.717, 1.165) is 25.7 Å². The highest BCUT2D eigenvalue weighted by Crippen LogP contribution is 2.48. The number of rotatable bonds is 2. The molecule has 2 atom stereocenters. The fourth-order valence-electron chi connectivity index (χ4n) is 3.57. The maximum absolute atomic E-state index is 13.8. The molecule has 2 aliphatic rings. The van der Waals surface area contributed by atoms with Crippen LogP contribution in [-0.2, 0) is 10.3 Å². The van der Waals surface area contributed by atoms with Gasteiger partial charge in [0.25, 0.3) is 0 Å². The first-order valence-corrected chi connectivity index (χ1v) is 7.56. The fraction of sp³-hybridized carbons (Fsp3) is 0.647. The van der Waals surface area contributed by atoms with E-state index in [0.29, 0.717) is 17.7 Å². The molecule has 1 aliphatic heterocycles. The van der Waals surface area contributed by atoms with E-state index in [9.17, 15) is 9.50 Å². The molecule has 2 unspecified atom stereocenters. The predicted molar refractivity (Wildman–Crippen MR) is 76.0 cm³/mol. The molecule has 1 N–H and O–H groups in total. The lowest BCUT2D eigenvalue weighted by molar-refractivity contribution is -0.174. The lowest BCUT2D eigenvalue weighted by Gasteiger charge is -2.50. The highest BCUT2D eigenvalue weighted by atomic mass is 19.1. The first kappa shape index (κ1) is 14.0. The Bertz CT molecular complexity index is 506. The summed E-state index contributed by atoms with van der Waals surface area (Å²) in [6.45, 7) is 4.26. The molecule has 2 nitrogen and oxygen atoms in total. The van der Waals surface area contributed by atoms with Crippen molar-refractivity contribution >= 4 is 0 Å². The summed E-state index contributed by atoms with van der Waals surface area (Å²) >= 11 is 0. The van der Waals surface area contributed by atoms with Crippen molar-refractivity contribution in [3.8, 4) is 0 Å². The van der Waals surface area contributed by atoms with Crippen molar-refractivity contribution < 1.29 is 14.2 Å². The summed E-state index contributed by atoms with van der Waals surface area (Å²) in [5.74, 6) is -0.105. The first-order valence-electron chi connectivity index (χ1n) is 7.56. The van der Waals surface area contributed by atoms with Crippen LogP contribution < -0.4 is 0 Å². The predicted octanol–water partition coefficient (Wildman–Crippen LogP) is 3.69. The Morgan fingerprint density at radius 2 is 2.15 bits per heavy atom. The Hall–Kier alpha value is -0.930. The molecule has 20 heavy (non-hydrogen) atoms. The maximum Gasteiger partial charge on any atom is 0.126 e. The van der Waals surface area contributed by atoms with E-state index in [2.05, 4.69) is 0 Å². The lowest BCUT2D eigenvalue weighted by atomic mass is 9.67. The van der Waals surface area contributed by atoms with Crippen molar-refractivity contribution in [3.63, 3.8) is 0 Å². The van der Waals surface area contributed by atoms with Crippen molar-refractivity contribution in [2.24, 2.45) is 5.92 Å². The van der Waals surface area contributed by atoms with Crippen molar-refractivity contribution in [3.05, 3.63) is 35.1 Å². The van der Waals surface area contributed by atoms with Gasteiger partial charge in [-0.05, 0) is 69.1 Å². The van der Waals surface area contributed by atoms with Crippen molar-refractivity contribution in [1.82, 2.24) is 0 Å². The summed E-state index contributed by atoms with van der Waals surface area (Å²) in [4.78, 5) is 0. The van der Waals surface area contributed by atoms with Crippen LogP contribution in [0.25, 0.3) is 0 Å². The Morgan fingerprint density at radius 1 is 1.40 bits per heavy atom. The van der Waals surface area contributed by atoms with Gasteiger partial charge in [-0.15, -0.1) is 0 Å². The topological polar surface area (TPSA) is 29.5 Å². The Morgan fingerprint density at radius 3 is 2.75 bits per heavy atom. The zero-order chi connectivity index (χ0) is 14.4. The number of ether oxygens (including phenoxy) is 1. The van der Waals surface area contributed by atoms with Gasteiger partial charge in [-0.1, -0.05) is 12.1 Å². The molecule has 110 valence electrons. The van der Waals surface area contributed by atoms with E-state index in [-0.39, 0.29) is 17.3 Å². The molecular weight excluding hydrogens is 255 g/mol. The summed E-state index contributed by atoms with van der Waals surface area (Å²) in [6.07, 6.45) is 5.14. The molecule has 3 heteroatoms. The summed E-state index contributed by atoms with van der Waals surface area (Å²) in [5.41, 5.74) is 0.311. The number of aryl methyl sites for hydroxylation is 1. The number of benzene rings is 1. The largest absolute Gasteiger partial charge is 0.385 e.